The number of nitrogens with zero attached hydrogens (tertiary/aromatic N) is 4. The van der Waals surface area contributed by atoms with Crippen LogP contribution in [0, 0.1) is 0 Å². The third-order valence-electron chi connectivity index (χ3n) is 3.59. The van der Waals surface area contributed by atoms with Gasteiger partial charge in [0.15, 0.2) is 16.3 Å². The van der Waals surface area contributed by atoms with Gasteiger partial charge in [-0.15, -0.1) is 0 Å². The average Bonchev–Trinajstić information content (AvgIpc) is 2.91. The highest BCUT2D eigenvalue weighted by Crippen LogP contribution is 2.28. The van der Waals surface area contributed by atoms with Gasteiger partial charge in [0.1, 0.15) is 0 Å². The quantitative estimate of drug-likeness (QED) is 0.756. The lowest BCUT2D eigenvalue weighted by atomic mass is 10.4. The molecule has 0 unspecified atom stereocenters. The van der Waals surface area contributed by atoms with E-state index < -0.39 is 11.2 Å². The molecule has 0 atom stereocenters. The molecule has 8 heteroatoms. The normalized spacial score (nSPS) is 11.3. The van der Waals surface area contributed by atoms with E-state index in [1.807, 2.05) is 30.3 Å². The van der Waals surface area contributed by atoms with Crippen LogP contribution in [0.15, 0.2) is 50.0 Å². The van der Waals surface area contributed by atoms with E-state index in [1.54, 1.807) is 11.6 Å². The van der Waals surface area contributed by atoms with E-state index in [-0.39, 0.29) is 13.2 Å². The van der Waals surface area contributed by atoms with Crippen LogP contribution in [0.4, 0.5) is 0 Å². The standard InChI is InChI=1S/C15H16N4O3S/c1-17-12-11(13(21)18(2)15(17)22)19(8-9-20)14(16-12)23-10-6-4-3-5-7-10/h3-7,20H,8-9H2,1-2H3. The molecule has 0 amide bonds. The van der Waals surface area contributed by atoms with E-state index in [0.29, 0.717) is 16.3 Å². The van der Waals surface area contributed by atoms with E-state index in [9.17, 15) is 14.7 Å². The van der Waals surface area contributed by atoms with E-state index in [4.69, 9.17) is 0 Å². The first kappa shape index (κ1) is 15.6. The number of aryl methyl sites for hydroxylation is 1. The first-order valence-corrected chi connectivity index (χ1v) is 7.86. The zero-order valence-electron chi connectivity index (χ0n) is 12.8. The molecule has 7 nitrogen and oxygen atoms in total. The molecule has 1 aromatic carbocycles. The van der Waals surface area contributed by atoms with Crippen molar-refractivity contribution in [1.82, 2.24) is 18.7 Å². The van der Waals surface area contributed by atoms with E-state index in [2.05, 4.69) is 4.98 Å². The number of imidazole rings is 1. The third kappa shape index (κ3) is 2.60. The Kier molecular flexibility index (Phi) is 4.10. The molecule has 0 aliphatic heterocycles. The molecule has 0 saturated carbocycles. The molecule has 0 radical (unpaired) electrons. The summed E-state index contributed by atoms with van der Waals surface area (Å²) in [6, 6.07) is 9.61. The fourth-order valence-electron chi connectivity index (χ4n) is 2.41. The summed E-state index contributed by atoms with van der Waals surface area (Å²) in [5.74, 6) is 0. The predicted octanol–water partition coefficient (Wildman–Crippen LogP) is 0.577. The summed E-state index contributed by atoms with van der Waals surface area (Å²) in [6.45, 7) is 0.110. The number of aliphatic hydroxyl groups excluding tert-OH is 1. The lowest BCUT2D eigenvalue weighted by Crippen LogP contribution is -2.37. The van der Waals surface area contributed by atoms with Gasteiger partial charge in [0.05, 0.1) is 6.61 Å². The second-order valence-electron chi connectivity index (χ2n) is 5.06. The fourth-order valence-corrected chi connectivity index (χ4v) is 3.33. The molecule has 0 spiro atoms. The van der Waals surface area contributed by atoms with Crippen LogP contribution in [0.5, 0.6) is 0 Å². The Hall–Kier alpha value is -2.32. The number of fused-ring (bicyclic) bond motifs is 1. The zero-order chi connectivity index (χ0) is 16.6. The van der Waals surface area contributed by atoms with Gasteiger partial charge in [-0.1, -0.05) is 30.0 Å². The van der Waals surface area contributed by atoms with Crippen molar-refractivity contribution in [2.24, 2.45) is 14.1 Å². The lowest BCUT2D eigenvalue weighted by molar-refractivity contribution is 0.273. The van der Waals surface area contributed by atoms with Gasteiger partial charge in [0, 0.05) is 25.5 Å². The van der Waals surface area contributed by atoms with Gasteiger partial charge in [0.25, 0.3) is 5.56 Å². The van der Waals surface area contributed by atoms with Gasteiger partial charge in [-0.2, -0.15) is 0 Å². The van der Waals surface area contributed by atoms with Gasteiger partial charge in [-0.25, -0.2) is 9.78 Å². The first-order chi connectivity index (χ1) is 11.0. The number of hydrogen-bond donors (Lipinski definition) is 1. The number of rotatable bonds is 4. The number of benzene rings is 1. The van der Waals surface area contributed by atoms with Gasteiger partial charge < -0.3 is 9.67 Å². The van der Waals surface area contributed by atoms with Crippen LogP contribution < -0.4 is 11.2 Å². The topological polar surface area (TPSA) is 82.0 Å². The molecule has 23 heavy (non-hydrogen) atoms. The van der Waals surface area contributed by atoms with Crippen LogP contribution in [-0.2, 0) is 20.6 Å². The maximum absolute atomic E-state index is 12.5. The number of hydrogen-bond acceptors (Lipinski definition) is 5. The van der Waals surface area contributed by atoms with Gasteiger partial charge >= 0.3 is 5.69 Å². The van der Waals surface area contributed by atoms with Crippen LogP contribution in [-0.4, -0.2) is 30.4 Å². The second kappa shape index (κ2) is 6.05. The molecule has 0 saturated heterocycles. The van der Waals surface area contributed by atoms with Gasteiger partial charge in [0.2, 0.25) is 0 Å². The Labute approximate surface area is 135 Å². The van der Waals surface area contributed by atoms with Crippen molar-refractivity contribution < 1.29 is 5.11 Å². The summed E-state index contributed by atoms with van der Waals surface area (Å²) < 4.78 is 4.06. The van der Waals surface area contributed by atoms with Crippen molar-refractivity contribution in [2.75, 3.05) is 6.61 Å². The third-order valence-corrected chi connectivity index (χ3v) is 4.59. The zero-order valence-corrected chi connectivity index (χ0v) is 13.6. The molecule has 0 fully saturated rings. The first-order valence-electron chi connectivity index (χ1n) is 7.04. The Morgan fingerprint density at radius 2 is 1.83 bits per heavy atom. The average molecular weight is 332 g/mol. The van der Waals surface area contributed by atoms with Crippen molar-refractivity contribution in [3.63, 3.8) is 0 Å². The summed E-state index contributed by atoms with van der Waals surface area (Å²) in [6.07, 6.45) is 0. The Bertz CT molecular complexity index is 972. The SMILES string of the molecule is Cn1c(=O)c2c(nc(Sc3ccccc3)n2CCO)n(C)c1=O. The van der Waals surface area contributed by atoms with Crippen LogP contribution >= 0.6 is 11.8 Å². The number of aliphatic hydroxyl groups is 1. The molecule has 2 aromatic heterocycles. The Morgan fingerprint density at radius 3 is 2.48 bits per heavy atom. The molecule has 3 aromatic rings. The summed E-state index contributed by atoms with van der Waals surface area (Å²) in [4.78, 5) is 29.9. The molecular formula is C15H16N4O3S. The maximum atomic E-state index is 12.5. The summed E-state index contributed by atoms with van der Waals surface area (Å²) >= 11 is 1.39. The van der Waals surface area contributed by atoms with E-state index >= 15 is 0 Å². The molecule has 2 heterocycles. The fraction of sp³-hybridized carbons (Fsp3) is 0.267. The van der Waals surface area contributed by atoms with E-state index in [1.165, 1.54) is 23.4 Å². The van der Waals surface area contributed by atoms with Crippen LogP contribution in [0.1, 0.15) is 0 Å². The molecule has 0 bridgehead atoms. The lowest BCUT2D eigenvalue weighted by Gasteiger charge is -2.07. The molecule has 3 rings (SSSR count). The largest absolute Gasteiger partial charge is 0.395 e. The van der Waals surface area contributed by atoms with Crippen LogP contribution in [0.3, 0.4) is 0 Å². The molecule has 0 aliphatic carbocycles. The highest BCUT2D eigenvalue weighted by Gasteiger charge is 2.19. The predicted molar refractivity (Wildman–Crippen MR) is 87.9 cm³/mol. The van der Waals surface area contributed by atoms with Gasteiger partial charge in [-0.3, -0.25) is 13.9 Å². The van der Waals surface area contributed by atoms with Crippen LogP contribution in [0.2, 0.25) is 0 Å². The van der Waals surface area contributed by atoms with Crippen molar-refractivity contribution in [1.29, 1.82) is 0 Å². The van der Waals surface area contributed by atoms with Crippen molar-refractivity contribution in [3.05, 3.63) is 51.2 Å². The monoisotopic (exact) mass is 332 g/mol. The highest BCUT2D eigenvalue weighted by atomic mass is 32.2. The Balaban J connectivity index is 2.28. The van der Waals surface area contributed by atoms with Crippen molar-refractivity contribution in [3.8, 4) is 0 Å². The van der Waals surface area contributed by atoms with Crippen molar-refractivity contribution in [2.45, 2.75) is 16.6 Å². The molecule has 120 valence electrons. The summed E-state index contributed by atoms with van der Waals surface area (Å²) in [7, 11) is 3.02. The highest BCUT2D eigenvalue weighted by molar-refractivity contribution is 7.99. The minimum absolute atomic E-state index is 0.125. The van der Waals surface area contributed by atoms with Crippen LogP contribution in [0.25, 0.3) is 11.2 Å². The maximum Gasteiger partial charge on any atom is 0.332 e. The second-order valence-corrected chi connectivity index (χ2v) is 6.10. The minimum atomic E-state index is -0.424. The smallest absolute Gasteiger partial charge is 0.332 e. The summed E-state index contributed by atoms with van der Waals surface area (Å²) in [5, 5.41) is 9.91. The Morgan fingerprint density at radius 1 is 1.13 bits per heavy atom. The van der Waals surface area contributed by atoms with Gasteiger partial charge in [-0.05, 0) is 12.1 Å². The number of aromatic nitrogens is 4. The molecular weight excluding hydrogens is 316 g/mol. The minimum Gasteiger partial charge on any atom is -0.395 e. The van der Waals surface area contributed by atoms with Crippen molar-refractivity contribution >= 4 is 22.9 Å². The molecule has 0 aliphatic rings. The molecule has 1 N–H and O–H groups in total. The van der Waals surface area contributed by atoms with E-state index in [0.717, 1.165) is 9.46 Å². The summed E-state index contributed by atoms with van der Waals surface area (Å²) in [5.41, 5.74) is -0.191.